The zero-order chi connectivity index (χ0) is 17.6. The van der Waals surface area contributed by atoms with Gasteiger partial charge in [0.1, 0.15) is 0 Å². The Kier molecular flexibility index (Phi) is 5.95. The lowest BCUT2D eigenvalue weighted by Gasteiger charge is -2.38. The Hall–Kier alpha value is -2.04. The molecule has 2 fully saturated rings. The number of nitrogens with zero attached hydrogens (tertiary/aromatic N) is 1. The molecule has 2 aliphatic heterocycles. The number of carbonyl (C=O) groups is 2. The van der Waals surface area contributed by atoms with Crippen LogP contribution in [0.4, 0.5) is 10.5 Å². The van der Waals surface area contributed by atoms with Crippen molar-refractivity contribution in [3.8, 4) is 0 Å². The number of nitrogens with one attached hydrogen (secondary N) is 2. The van der Waals surface area contributed by atoms with Crippen molar-refractivity contribution < 1.29 is 9.59 Å². The summed E-state index contributed by atoms with van der Waals surface area (Å²) < 4.78 is 0. The van der Waals surface area contributed by atoms with Crippen LogP contribution < -0.4 is 10.6 Å². The number of hydrogen-bond donors (Lipinski definition) is 2. The van der Waals surface area contributed by atoms with Gasteiger partial charge in [-0.15, -0.1) is 0 Å². The van der Waals surface area contributed by atoms with Crippen LogP contribution in [0, 0.1) is 5.92 Å². The van der Waals surface area contributed by atoms with Crippen LogP contribution in [0.1, 0.15) is 51.0 Å². The van der Waals surface area contributed by atoms with Gasteiger partial charge in [0.05, 0.1) is 0 Å². The van der Waals surface area contributed by atoms with Gasteiger partial charge in [-0.3, -0.25) is 4.79 Å². The average Bonchev–Trinajstić information content (AvgIpc) is 3.07. The smallest absolute Gasteiger partial charge is 0.322 e. The third-order valence-electron chi connectivity index (χ3n) is 5.39. The van der Waals surface area contributed by atoms with Gasteiger partial charge in [0.15, 0.2) is 0 Å². The Bertz CT molecular complexity index is 599. The molecule has 2 heterocycles. The van der Waals surface area contributed by atoms with Gasteiger partial charge in [-0.2, -0.15) is 0 Å². The second-order valence-corrected chi connectivity index (χ2v) is 7.26. The Morgan fingerprint density at radius 3 is 2.76 bits per heavy atom. The quantitative estimate of drug-likeness (QED) is 0.859. The summed E-state index contributed by atoms with van der Waals surface area (Å²) in [5.41, 5.74) is 2.15. The molecule has 0 bridgehead atoms. The van der Waals surface area contributed by atoms with Crippen LogP contribution >= 0.6 is 0 Å². The number of piperidine rings is 1. The summed E-state index contributed by atoms with van der Waals surface area (Å²) in [6.07, 6.45) is 7.16. The summed E-state index contributed by atoms with van der Waals surface area (Å²) in [6, 6.07) is 8.30. The minimum Gasteiger partial charge on any atom is -0.356 e. The number of unbranched alkanes of at least 4 members (excludes halogenated alkanes) is 1. The molecule has 5 nitrogen and oxygen atoms in total. The van der Waals surface area contributed by atoms with Gasteiger partial charge in [-0.05, 0) is 49.8 Å². The fourth-order valence-electron chi connectivity index (χ4n) is 3.93. The van der Waals surface area contributed by atoms with Crippen LogP contribution in [0.3, 0.4) is 0 Å². The first kappa shape index (κ1) is 17.8. The maximum Gasteiger partial charge on any atom is 0.322 e. The molecule has 0 unspecified atom stereocenters. The molecule has 25 heavy (non-hydrogen) atoms. The Labute approximate surface area is 150 Å². The molecule has 0 aromatic heterocycles. The van der Waals surface area contributed by atoms with Crippen molar-refractivity contribution in [2.75, 3.05) is 18.4 Å². The van der Waals surface area contributed by atoms with E-state index < -0.39 is 0 Å². The summed E-state index contributed by atoms with van der Waals surface area (Å²) in [5, 5.41) is 5.94. The largest absolute Gasteiger partial charge is 0.356 e. The number of anilines is 1. The molecular formula is C20H29N3O2. The van der Waals surface area contributed by atoms with Gasteiger partial charge in [0.25, 0.3) is 0 Å². The fraction of sp³-hybridized carbons (Fsp3) is 0.600. The van der Waals surface area contributed by atoms with Crippen LogP contribution in [-0.2, 0) is 11.2 Å². The lowest BCUT2D eigenvalue weighted by atomic mass is 9.90. The van der Waals surface area contributed by atoms with E-state index in [0.717, 1.165) is 37.9 Å². The van der Waals surface area contributed by atoms with Gasteiger partial charge in [0, 0.05) is 37.2 Å². The second-order valence-electron chi connectivity index (χ2n) is 7.26. The van der Waals surface area contributed by atoms with Gasteiger partial charge in [-0.25, -0.2) is 4.79 Å². The molecule has 2 saturated heterocycles. The summed E-state index contributed by atoms with van der Waals surface area (Å²) in [6.45, 7) is 3.66. The Balaban J connectivity index is 1.61. The number of rotatable bonds is 5. The third kappa shape index (κ3) is 4.53. The van der Waals surface area contributed by atoms with E-state index in [2.05, 4.69) is 29.7 Å². The van der Waals surface area contributed by atoms with Crippen molar-refractivity contribution >= 4 is 17.6 Å². The third-order valence-corrected chi connectivity index (χ3v) is 5.39. The highest BCUT2D eigenvalue weighted by Gasteiger charge is 2.36. The summed E-state index contributed by atoms with van der Waals surface area (Å²) in [5.74, 6) is 0.355. The van der Waals surface area contributed by atoms with E-state index in [0.29, 0.717) is 13.0 Å². The van der Waals surface area contributed by atoms with E-state index in [1.807, 2.05) is 17.0 Å². The Morgan fingerprint density at radius 1 is 1.28 bits per heavy atom. The predicted molar refractivity (Wildman–Crippen MR) is 99.5 cm³/mol. The van der Waals surface area contributed by atoms with Crippen molar-refractivity contribution in [2.24, 2.45) is 5.92 Å². The number of aryl methyl sites for hydroxylation is 1. The van der Waals surface area contributed by atoms with Crippen LogP contribution in [0.2, 0.25) is 0 Å². The number of carbonyl (C=O) groups excluding carboxylic acids is 2. The maximum absolute atomic E-state index is 12.8. The molecule has 0 saturated carbocycles. The van der Waals surface area contributed by atoms with Crippen molar-refractivity contribution in [3.63, 3.8) is 0 Å². The van der Waals surface area contributed by atoms with Crippen molar-refractivity contribution in [1.29, 1.82) is 0 Å². The van der Waals surface area contributed by atoms with Crippen LogP contribution in [0.5, 0.6) is 0 Å². The first-order valence-corrected chi connectivity index (χ1v) is 9.60. The molecule has 0 spiro atoms. The lowest BCUT2D eigenvalue weighted by molar-refractivity contribution is -0.119. The maximum atomic E-state index is 12.8. The number of urea groups is 1. The first-order valence-electron chi connectivity index (χ1n) is 9.60. The molecule has 1 aromatic carbocycles. The van der Waals surface area contributed by atoms with Crippen LogP contribution in [0.15, 0.2) is 24.3 Å². The van der Waals surface area contributed by atoms with E-state index in [4.69, 9.17) is 0 Å². The topological polar surface area (TPSA) is 61.4 Å². The number of likely N-dealkylation sites (tertiary alicyclic amines) is 1. The molecule has 2 aliphatic rings. The predicted octanol–water partition coefficient (Wildman–Crippen LogP) is 3.55. The van der Waals surface area contributed by atoms with E-state index in [9.17, 15) is 9.59 Å². The molecule has 1 aromatic rings. The molecule has 2 atom stereocenters. The first-order chi connectivity index (χ1) is 12.2. The lowest BCUT2D eigenvalue weighted by Crippen LogP contribution is -2.49. The van der Waals surface area contributed by atoms with Crippen molar-refractivity contribution in [2.45, 2.75) is 57.9 Å². The standard InChI is InChI=1S/C20H29N3O2/c1-2-3-6-15-8-10-17(11-9-15)22-20(25)23-12-5-4-7-18(23)16-13-19(24)21-14-16/h8-11,16,18H,2-7,12-14H2,1H3,(H,21,24)(H,22,25)/t16-,18+/m1/s1. The van der Waals surface area contributed by atoms with E-state index in [1.54, 1.807) is 0 Å². The number of benzene rings is 1. The molecule has 3 amide bonds. The molecule has 3 rings (SSSR count). The summed E-state index contributed by atoms with van der Waals surface area (Å²) in [7, 11) is 0. The minimum absolute atomic E-state index is 0.0367. The zero-order valence-electron chi connectivity index (χ0n) is 15.1. The normalized spacial score (nSPS) is 23.4. The van der Waals surface area contributed by atoms with Crippen molar-refractivity contribution in [3.05, 3.63) is 29.8 Å². The molecule has 2 N–H and O–H groups in total. The highest BCUT2D eigenvalue weighted by Crippen LogP contribution is 2.28. The molecule has 136 valence electrons. The van der Waals surface area contributed by atoms with Gasteiger partial charge in [0.2, 0.25) is 5.91 Å². The zero-order valence-corrected chi connectivity index (χ0v) is 15.1. The fourth-order valence-corrected chi connectivity index (χ4v) is 3.93. The van der Waals surface area contributed by atoms with E-state index >= 15 is 0 Å². The molecule has 5 heteroatoms. The molecular weight excluding hydrogens is 314 g/mol. The second kappa shape index (κ2) is 8.37. The van der Waals surface area contributed by atoms with Crippen molar-refractivity contribution in [1.82, 2.24) is 10.2 Å². The van der Waals surface area contributed by atoms with Gasteiger partial charge in [-0.1, -0.05) is 25.5 Å². The van der Waals surface area contributed by atoms with Gasteiger partial charge >= 0.3 is 6.03 Å². The molecule has 0 aliphatic carbocycles. The highest BCUT2D eigenvalue weighted by atomic mass is 16.2. The van der Waals surface area contributed by atoms with E-state index in [1.165, 1.54) is 18.4 Å². The summed E-state index contributed by atoms with van der Waals surface area (Å²) >= 11 is 0. The number of hydrogen-bond acceptors (Lipinski definition) is 2. The molecule has 0 radical (unpaired) electrons. The number of amides is 3. The van der Waals surface area contributed by atoms with E-state index in [-0.39, 0.29) is 23.9 Å². The monoisotopic (exact) mass is 343 g/mol. The van der Waals surface area contributed by atoms with Gasteiger partial charge < -0.3 is 15.5 Å². The SMILES string of the molecule is CCCCc1ccc(NC(=O)N2CCCC[C@H]2[C@H]2CNC(=O)C2)cc1. The average molecular weight is 343 g/mol. The summed E-state index contributed by atoms with van der Waals surface area (Å²) in [4.78, 5) is 26.3. The van der Waals surface area contributed by atoms with Crippen LogP contribution in [-0.4, -0.2) is 36.0 Å². The minimum atomic E-state index is -0.0367. The Morgan fingerprint density at radius 2 is 2.08 bits per heavy atom. The highest BCUT2D eigenvalue weighted by molar-refractivity contribution is 5.89. The van der Waals surface area contributed by atoms with Crippen LogP contribution in [0.25, 0.3) is 0 Å².